The molecule has 3 heterocycles. The third kappa shape index (κ3) is 3.83. The molecule has 150 valence electrons. The number of nitrogens with zero attached hydrogens (tertiary/aromatic N) is 5. The smallest absolute Gasteiger partial charge is 0.276 e. The molecular formula is C15H21F2N5O4S. The van der Waals surface area contributed by atoms with Gasteiger partial charge in [0.15, 0.2) is 5.69 Å². The highest BCUT2D eigenvalue weighted by Crippen LogP contribution is 2.40. The first kappa shape index (κ1) is 18.7. The second-order valence-electron chi connectivity index (χ2n) is 7.23. The molecule has 0 radical (unpaired) electrons. The molecule has 0 N–H and O–H groups in total. The molecule has 1 atom stereocenters. The van der Waals surface area contributed by atoms with E-state index >= 15 is 0 Å². The maximum Gasteiger partial charge on any atom is 0.276 e. The van der Waals surface area contributed by atoms with E-state index in [0.29, 0.717) is 39.1 Å². The monoisotopic (exact) mass is 405 g/mol. The van der Waals surface area contributed by atoms with Gasteiger partial charge < -0.3 is 9.64 Å². The molecule has 1 amide bonds. The number of alkyl halides is 2. The fraction of sp³-hybridized carbons (Fsp3) is 0.800. The van der Waals surface area contributed by atoms with Crippen molar-refractivity contribution in [2.75, 3.05) is 32.8 Å². The molecule has 0 spiro atoms. The predicted molar refractivity (Wildman–Crippen MR) is 88.7 cm³/mol. The third-order valence-electron chi connectivity index (χ3n) is 5.06. The summed E-state index contributed by atoms with van der Waals surface area (Å²) in [5.41, 5.74) is 0.109. The molecule has 12 heteroatoms. The van der Waals surface area contributed by atoms with Crippen molar-refractivity contribution in [3.63, 3.8) is 0 Å². The Labute approximate surface area is 155 Å². The van der Waals surface area contributed by atoms with Crippen molar-refractivity contribution in [3.8, 4) is 0 Å². The Kier molecular flexibility index (Phi) is 4.67. The van der Waals surface area contributed by atoms with Gasteiger partial charge in [-0.2, -0.15) is 4.31 Å². The number of carbonyl (C=O) groups excluding carboxylic acids is 1. The number of ether oxygens (including phenoxy) is 1. The summed E-state index contributed by atoms with van der Waals surface area (Å²) in [6.07, 6.45) is 1.85. The molecule has 0 bridgehead atoms. The number of sulfonamides is 1. The van der Waals surface area contributed by atoms with Gasteiger partial charge in [-0.3, -0.25) is 9.48 Å². The molecule has 1 aliphatic carbocycles. The van der Waals surface area contributed by atoms with E-state index in [9.17, 15) is 22.0 Å². The third-order valence-corrected chi connectivity index (χ3v) is 7.45. The molecule has 27 heavy (non-hydrogen) atoms. The van der Waals surface area contributed by atoms with Crippen molar-refractivity contribution in [2.45, 2.75) is 43.0 Å². The minimum Gasteiger partial charge on any atom is -0.378 e. The summed E-state index contributed by atoms with van der Waals surface area (Å²) < 4.78 is 60.2. The van der Waals surface area contributed by atoms with E-state index in [2.05, 4.69) is 10.3 Å². The second-order valence-corrected chi connectivity index (χ2v) is 9.40. The number of hydrogen-bond donors (Lipinski definition) is 0. The van der Waals surface area contributed by atoms with Crippen LogP contribution in [-0.2, 0) is 21.3 Å². The largest absolute Gasteiger partial charge is 0.378 e. The average molecular weight is 405 g/mol. The van der Waals surface area contributed by atoms with E-state index in [4.69, 9.17) is 4.74 Å². The summed E-state index contributed by atoms with van der Waals surface area (Å²) in [5.74, 6) is -3.37. The van der Waals surface area contributed by atoms with E-state index in [-0.39, 0.29) is 18.1 Å². The number of halogens is 2. The topological polar surface area (TPSA) is 97.6 Å². The highest BCUT2D eigenvalue weighted by molar-refractivity contribution is 7.90. The fourth-order valence-electron chi connectivity index (χ4n) is 3.51. The van der Waals surface area contributed by atoms with Gasteiger partial charge in [-0.25, -0.2) is 17.2 Å². The van der Waals surface area contributed by atoms with Crippen LogP contribution in [0.15, 0.2) is 6.20 Å². The molecule has 2 saturated heterocycles. The van der Waals surface area contributed by atoms with Crippen LogP contribution in [0.5, 0.6) is 0 Å². The number of amides is 1. The highest BCUT2D eigenvalue weighted by Gasteiger charge is 2.53. The van der Waals surface area contributed by atoms with Gasteiger partial charge in [-0.15, -0.1) is 5.10 Å². The number of hydrogen-bond acceptors (Lipinski definition) is 6. The standard InChI is InChI=1S/C15H21F2N5O4S/c16-15(17)7-11(22(10-15)27(24,25)12-1-2-12)8-21-9-13(18-19-21)14(23)20-3-5-26-6-4-20/h9,11-12H,1-8,10H2/t11-/m0/s1. The van der Waals surface area contributed by atoms with Gasteiger partial charge in [-0.1, -0.05) is 5.21 Å². The van der Waals surface area contributed by atoms with Crippen LogP contribution < -0.4 is 0 Å². The fourth-order valence-corrected chi connectivity index (χ4v) is 5.55. The normalized spacial score (nSPS) is 26.4. The zero-order valence-electron chi connectivity index (χ0n) is 14.6. The number of morpholine rings is 1. The zero-order valence-corrected chi connectivity index (χ0v) is 15.4. The number of carbonyl (C=O) groups is 1. The SMILES string of the molecule is O=C(c1cn(C[C@@H]2CC(F)(F)CN2S(=O)(=O)C2CC2)nn1)N1CCOCC1. The lowest BCUT2D eigenvalue weighted by atomic mass is 10.2. The quantitative estimate of drug-likeness (QED) is 0.682. The van der Waals surface area contributed by atoms with E-state index in [1.807, 2.05) is 0 Å². The summed E-state index contributed by atoms with van der Waals surface area (Å²) in [7, 11) is -3.73. The van der Waals surface area contributed by atoms with Crippen molar-refractivity contribution in [1.29, 1.82) is 0 Å². The highest BCUT2D eigenvalue weighted by atomic mass is 32.2. The van der Waals surface area contributed by atoms with Crippen LogP contribution in [0.25, 0.3) is 0 Å². The van der Waals surface area contributed by atoms with Crippen molar-refractivity contribution >= 4 is 15.9 Å². The van der Waals surface area contributed by atoms with Crippen LogP contribution in [0.1, 0.15) is 29.8 Å². The molecule has 1 saturated carbocycles. The Balaban J connectivity index is 1.48. The van der Waals surface area contributed by atoms with Crippen LogP contribution >= 0.6 is 0 Å². The summed E-state index contributed by atoms with van der Waals surface area (Å²) in [5, 5.41) is 7.12. The Morgan fingerprint density at radius 1 is 1.30 bits per heavy atom. The van der Waals surface area contributed by atoms with Crippen molar-refractivity contribution in [2.24, 2.45) is 0 Å². The van der Waals surface area contributed by atoms with Gasteiger partial charge in [-0.05, 0) is 12.8 Å². The Hall–Kier alpha value is -1.66. The molecule has 1 aromatic heterocycles. The van der Waals surface area contributed by atoms with Crippen molar-refractivity contribution in [3.05, 3.63) is 11.9 Å². The summed E-state index contributed by atoms with van der Waals surface area (Å²) in [6.45, 7) is 0.938. The van der Waals surface area contributed by atoms with E-state index in [1.165, 1.54) is 10.9 Å². The zero-order chi connectivity index (χ0) is 19.2. The van der Waals surface area contributed by atoms with E-state index in [1.54, 1.807) is 4.90 Å². The van der Waals surface area contributed by atoms with Crippen LogP contribution in [-0.4, -0.2) is 88.6 Å². The minimum absolute atomic E-state index is 0.0646. The molecule has 1 aromatic rings. The summed E-state index contributed by atoms with van der Waals surface area (Å²) in [4.78, 5) is 14.0. The molecule has 3 aliphatic rings. The molecule has 9 nitrogen and oxygen atoms in total. The van der Waals surface area contributed by atoms with Gasteiger partial charge in [0, 0.05) is 19.5 Å². The molecular weight excluding hydrogens is 384 g/mol. The lowest BCUT2D eigenvalue weighted by Crippen LogP contribution is -2.41. The Morgan fingerprint density at radius 3 is 2.67 bits per heavy atom. The first-order valence-corrected chi connectivity index (χ1v) is 10.4. The number of aromatic nitrogens is 3. The van der Waals surface area contributed by atoms with Gasteiger partial charge in [0.2, 0.25) is 10.0 Å². The van der Waals surface area contributed by atoms with E-state index < -0.39 is 40.2 Å². The second kappa shape index (κ2) is 6.74. The maximum absolute atomic E-state index is 13.9. The molecule has 2 aliphatic heterocycles. The lowest BCUT2D eigenvalue weighted by Gasteiger charge is -2.25. The van der Waals surface area contributed by atoms with Crippen LogP contribution in [0, 0.1) is 0 Å². The lowest BCUT2D eigenvalue weighted by molar-refractivity contribution is 0.0168. The van der Waals surface area contributed by atoms with Crippen LogP contribution in [0.4, 0.5) is 8.78 Å². The maximum atomic E-state index is 13.9. The molecule has 0 aromatic carbocycles. The molecule has 3 fully saturated rings. The first-order chi connectivity index (χ1) is 12.8. The summed E-state index contributed by atoms with van der Waals surface area (Å²) in [6, 6.07) is -0.904. The van der Waals surface area contributed by atoms with E-state index in [0.717, 1.165) is 4.31 Å². The average Bonchev–Trinajstić information content (AvgIpc) is 3.32. The first-order valence-electron chi connectivity index (χ1n) is 8.92. The van der Waals surface area contributed by atoms with Crippen molar-refractivity contribution < 1.29 is 26.7 Å². The number of rotatable bonds is 5. The van der Waals surface area contributed by atoms with Gasteiger partial charge in [0.25, 0.3) is 11.8 Å². The minimum atomic E-state index is -3.73. The van der Waals surface area contributed by atoms with Gasteiger partial charge in [0.1, 0.15) is 0 Å². The van der Waals surface area contributed by atoms with Crippen LogP contribution in [0.2, 0.25) is 0 Å². The Bertz CT molecular complexity index is 820. The Morgan fingerprint density at radius 2 is 2.00 bits per heavy atom. The molecule has 4 rings (SSSR count). The van der Waals surface area contributed by atoms with Crippen molar-refractivity contribution in [1.82, 2.24) is 24.2 Å². The van der Waals surface area contributed by atoms with Gasteiger partial charge >= 0.3 is 0 Å². The summed E-state index contributed by atoms with van der Waals surface area (Å²) >= 11 is 0. The molecule has 0 unspecified atom stereocenters. The predicted octanol–water partition coefficient (Wildman–Crippen LogP) is -0.0477. The van der Waals surface area contributed by atoms with Crippen LogP contribution in [0.3, 0.4) is 0 Å². The van der Waals surface area contributed by atoms with Gasteiger partial charge in [0.05, 0.1) is 43.8 Å².